The maximum Gasteiger partial charge on any atom is 0.240 e. The maximum atomic E-state index is 12.4. The number of nitrogens with zero attached hydrogens (tertiary/aromatic N) is 1. The normalized spacial score (nSPS) is 17.4. The lowest BCUT2D eigenvalue weighted by Gasteiger charge is -2.12. The van der Waals surface area contributed by atoms with Crippen LogP contribution in [0.15, 0.2) is 34.2 Å². The van der Waals surface area contributed by atoms with E-state index < -0.39 is 10.0 Å². The molecule has 3 N–H and O–H groups in total. The molecule has 9 heteroatoms. The smallest absolute Gasteiger partial charge is 0.240 e. The average Bonchev–Trinajstić information content (AvgIpc) is 3.24. The van der Waals surface area contributed by atoms with Crippen molar-refractivity contribution in [2.75, 3.05) is 39.5 Å². The minimum atomic E-state index is -3.53. The van der Waals surface area contributed by atoms with Gasteiger partial charge in [0, 0.05) is 39.5 Å². The highest BCUT2D eigenvalue weighted by atomic mass is 32.2. The summed E-state index contributed by atoms with van der Waals surface area (Å²) in [7, 11) is -3.53. The Balaban J connectivity index is 1.86. The van der Waals surface area contributed by atoms with Gasteiger partial charge >= 0.3 is 0 Å². The Morgan fingerprint density at radius 2 is 2.03 bits per heavy atom. The Morgan fingerprint density at radius 3 is 2.69 bits per heavy atom. The SMILES string of the molecule is CCNC(=NCc1ccc(S(=O)(=O)NCC2CCCO2)cc1)NCCCOCC. The second-order valence-electron chi connectivity index (χ2n) is 6.80. The van der Waals surface area contributed by atoms with Crippen LogP contribution in [0, 0.1) is 0 Å². The molecule has 164 valence electrons. The van der Waals surface area contributed by atoms with Crippen LogP contribution in [-0.2, 0) is 26.0 Å². The molecule has 0 aromatic heterocycles. The first-order chi connectivity index (χ1) is 14.0. The minimum absolute atomic E-state index is 0.0242. The summed E-state index contributed by atoms with van der Waals surface area (Å²) in [5, 5.41) is 6.47. The van der Waals surface area contributed by atoms with Crippen LogP contribution >= 0.6 is 0 Å². The van der Waals surface area contributed by atoms with Crippen molar-refractivity contribution >= 4 is 16.0 Å². The Labute approximate surface area is 174 Å². The zero-order valence-electron chi connectivity index (χ0n) is 17.4. The van der Waals surface area contributed by atoms with Crippen molar-refractivity contribution in [1.82, 2.24) is 15.4 Å². The molecule has 1 atom stereocenters. The molecule has 0 bridgehead atoms. The molecule has 1 unspecified atom stereocenters. The maximum absolute atomic E-state index is 12.4. The van der Waals surface area contributed by atoms with Gasteiger partial charge in [0.1, 0.15) is 0 Å². The first-order valence-corrected chi connectivity index (χ1v) is 11.8. The summed E-state index contributed by atoms with van der Waals surface area (Å²) < 4.78 is 38.3. The molecule has 29 heavy (non-hydrogen) atoms. The van der Waals surface area contributed by atoms with Gasteiger partial charge in [-0.2, -0.15) is 0 Å². The molecule has 0 aliphatic carbocycles. The number of hydrogen-bond acceptors (Lipinski definition) is 5. The van der Waals surface area contributed by atoms with Crippen LogP contribution in [0.1, 0.15) is 38.7 Å². The zero-order chi connectivity index (χ0) is 21.0. The van der Waals surface area contributed by atoms with E-state index in [4.69, 9.17) is 9.47 Å². The van der Waals surface area contributed by atoms with Crippen LogP contribution < -0.4 is 15.4 Å². The summed E-state index contributed by atoms with van der Waals surface area (Å²) in [5.74, 6) is 0.735. The molecule has 1 aromatic rings. The molecule has 1 heterocycles. The first-order valence-electron chi connectivity index (χ1n) is 10.3. The molecule has 0 saturated carbocycles. The van der Waals surface area contributed by atoms with Crippen LogP contribution in [0.5, 0.6) is 0 Å². The van der Waals surface area contributed by atoms with Crippen LogP contribution in [0.2, 0.25) is 0 Å². The Bertz CT molecular complexity index is 717. The second-order valence-corrected chi connectivity index (χ2v) is 8.57. The second kappa shape index (κ2) is 12.8. The van der Waals surface area contributed by atoms with Crippen LogP contribution in [-0.4, -0.2) is 59.9 Å². The summed E-state index contributed by atoms with van der Waals surface area (Å²) in [6.45, 7) is 8.47. The molecule has 0 spiro atoms. The largest absolute Gasteiger partial charge is 0.382 e. The molecular formula is C20H34N4O4S. The highest BCUT2D eigenvalue weighted by Crippen LogP contribution is 2.14. The molecule has 1 aliphatic heterocycles. The number of guanidine groups is 1. The van der Waals surface area contributed by atoms with Gasteiger partial charge in [0.2, 0.25) is 10.0 Å². The fourth-order valence-corrected chi connectivity index (χ4v) is 3.97. The molecule has 1 fully saturated rings. The quantitative estimate of drug-likeness (QED) is 0.267. The number of hydrogen-bond donors (Lipinski definition) is 3. The molecule has 2 rings (SSSR count). The van der Waals surface area contributed by atoms with Crippen LogP contribution in [0.3, 0.4) is 0 Å². The van der Waals surface area contributed by atoms with Gasteiger partial charge < -0.3 is 20.1 Å². The topological polar surface area (TPSA) is 101 Å². The fourth-order valence-electron chi connectivity index (χ4n) is 2.90. The summed E-state index contributed by atoms with van der Waals surface area (Å²) in [5.41, 5.74) is 0.939. The van der Waals surface area contributed by atoms with E-state index in [0.29, 0.717) is 19.7 Å². The van der Waals surface area contributed by atoms with E-state index in [1.54, 1.807) is 24.3 Å². The van der Waals surface area contributed by atoms with Gasteiger partial charge in [-0.3, -0.25) is 0 Å². The Morgan fingerprint density at radius 1 is 1.24 bits per heavy atom. The van der Waals surface area contributed by atoms with Gasteiger partial charge in [-0.15, -0.1) is 0 Å². The molecule has 0 radical (unpaired) electrons. The lowest BCUT2D eigenvalue weighted by Crippen LogP contribution is -2.38. The van der Waals surface area contributed by atoms with Gasteiger partial charge in [0.15, 0.2) is 5.96 Å². The lowest BCUT2D eigenvalue weighted by atomic mass is 10.2. The van der Waals surface area contributed by atoms with E-state index in [1.165, 1.54) is 0 Å². The van der Waals surface area contributed by atoms with Gasteiger partial charge in [0.25, 0.3) is 0 Å². The number of aliphatic imine (C=N–C) groups is 1. The summed E-state index contributed by atoms with van der Waals surface area (Å²) in [4.78, 5) is 4.81. The molecule has 0 amide bonds. The lowest BCUT2D eigenvalue weighted by molar-refractivity contribution is 0.114. The molecule has 8 nitrogen and oxygen atoms in total. The van der Waals surface area contributed by atoms with Gasteiger partial charge in [-0.05, 0) is 50.8 Å². The van der Waals surface area contributed by atoms with Crippen molar-refractivity contribution in [2.45, 2.75) is 50.7 Å². The number of ether oxygens (including phenoxy) is 2. The van der Waals surface area contributed by atoms with Crippen molar-refractivity contribution in [3.63, 3.8) is 0 Å². The third kappa shape index (κ3) is 8.69. The Hall–Kier alpha value is -1.68. The zero-order valence-corrected chi connectivity index (χ0v) is 18.3. The van der Waals surface area contributed by atoms with Crippen molar-refractivity contribution < 1.29 is 17.9 Å². The molecule has 1 aromatic carbocycles. The fraction of sp³-hybridized carbons (Fsp3) is 0.650. The highest BCUT2D eigenvalue weighted by Gasteiger charge is 2.20. The molecular weight excluding hydrogens is 392 g/mol. The van der Waals surface area contributed by atoms with E-state index in [-0.39, 0.29) is 11.0 Å². The number of sulfonamides is 1. The monoisotopic (exact) mass is 426 g/mol. The van der Waals surface area contributed by atoms with Crippen molar-refractivity contribution in [1.29, 1.82) is 0 Å². The van der Waals surface area contributed by atoms with Gasteiger partial charge in [0.05, 0.1) is 17.5 Å². The number of nitrogens with one attached hydrogen (secondary N) is 3. The Kier molecular flexibility index (Phi) is 10.4. The van der Waals surface area contributed by atoms with Crippen molar-refractivity contribution in [2.24, 2.45) is 4.99 Å². The van der Waals surface area contributed by atoms with Crippen LogP contribution in [0.4, 0.5) is 0 Å². The first kappa shape index (κ1) is 23.6. The van der Waals surface area contributed by atoms with E-state index in [0.717, 1.165) is 57.1 Å². The van der Waals surface area contributed by atoms with E-state index >= 15 is 0 Å². The number of rotatable bonds is 12. The minimum Gasteiger partial charge on any atom is -0.382 e. The van der Waals surface area contributed by atoms with E-state index in [1.807, 2.05) is 13.8 Å². The number of benzene rings is 1. The third-order valence-corrected chi connectivity index (χ3v) is 5.92. The predicted octanol–water partition coefficient (Wildman–Crippen LogP) is 1.63. The van der Waals surface area contributed by atoms with Gasteiger partial charge in [-0.1, -0.05) is 12.1 Å². The molecule has 1 saturated heterocycles. The molecule has 1 aliphatic rings. The van der Waals surface area contributed by atoms with Crippen molar-refractivity contribution in [3.8, 4) is 0 Å². The standard InChI is InChI=1S/C20H34N4O4S/c1-3-21-20(22-12-6-13-27-4-2)23-15-17-8-10-19(11-9-17)29(25,26)24-16-18-7-5-14-28-18/h8-11,18,24H,3-7,12-16H2,1-2H3,(H2,21,22,23). The average molecular weight is 427 g/mol. The van der Waals surface area contributed by atoms with Gasteiger partial charge in [-0.25, -0.2) is 18.1 Å². The third-order valence-electron chi connectivity index (χ3n) is 4.48. The summed E-state index contributed by atoms with van der Waals surface area (Å²) in [6, 6.07) is 6.82. The highest BCUT2D eigenvalue weighted by molar-refractivity contribution is 7.89. The summed E-state index contributed by atoms with van der Waals surface area (Å²) in [6.07, 6.45) is 2.76. The predicted molar refractivity (Wildman–Crippen MR) is 115 cm³/mol. The van der Waals surface area contributed by atoms with Crippen molar-refractivity contribution in [3.05, 3.63) is 29.8 Å². The van der Waals surface area contributed by atoms with Crippen LogP contribution in [0.25, 0.3) is 0 Å². The van der Waals surface area contributed by atoms with E-state index in [9.17, 15) is 8.42 Å². The summed E-state index contributed by atoms with van der Waals surface area (Å²) >= 11 is 0. The van der Waals surface area contributed by atoms with E-state index in [2.05, 4.69) is 20.3 Å².